The number of anilines is 2. The fourth-order valence-electron chi connectivity index (χ4n) is 2.81. The molecule has 4 rings (SSSR count). The van der Waals surface area contributed by atoms with Crippen molar-refractivity contribution in [2.24, 2.45) is 0 Å². The van der Waals surface area contributed by atoms with E-state index in [0.717, 1.165) is 23.4 Å². The molecule has 0 aromatic heterocycles. The van der Waals surface area contributed by atoms with Crippen molar-refractivity contribution in [2.75, 3.05) is 17.0 Å². The van der Waals surface area contributed by atoms with Gasteiger partial charge in [-0.3, -0.25) is 4.79 Å². The second-order valence-corrected chi connectivity index (χ2v) is 6.72. The molecule has 0 bridgehead atoms. The van der Waals surface area contributed by atoms with E-state index in [4.69, 9.17) is 9.47 Å². The first-order valence-corrected chi connectivity index (χ1v) is 8.57. The lowest BCUT2D eigenvalue weighted by molar-refractivity contribution is -0.104. The number of carbonyl (C=O) groups excluding carboxylic acids is 1. The highest BCUT2D eigenvalue weighted by Crippen LogP contribution is 2.43. The number of benzene rings is 2. The zero-order valence-corrected chi connectivity index (χ0v) is 14.2. The molecule has 128 valence electrons. The van der Waals surface area contributed by atoms with Crippen LogP contribution in [0.1, 0.15) is 6.92 Å². The summed E-state index contributed by atoms with van der Waals surface area (Å²) >= 11 is 1.41. The summed E-state index contributed by atoms with van der Waals surface area (Å²) in [5.74, 6) is 1.09. The van der Waals surface area contributed by atoms with Gasteiger partial charge in [0.25, 0.3) is 0 Å². The van der Waals surface area contributed by atoms with Gasteiger partial charge >= 0.3 is 0 Å². The van der Waals surface area contributed by atoms with E-state index in [1.54, 1.807) is 12.1 Å². The standard InChI is InChI=1S/C18H15FN2O3S/c1-11-17(9-22)25-18(20-13-4-2-12(19)3-5-13)21(11)14-6-7-15-16(8-14)24-10-23-15/h2-9,18,20H,10H2,1H3. The lowest BCUT2D eigenvalue weighted by Gasteiger charge is -2.29. The van der Waals surface area contributed by atoms with Gasteiger partial charge in [-0.1, -0.05) is 11.8 Å². The number of aldehydes is 1. The van der Waals surface area contributed by atoms with Crippen molar-refractivity contribution >= 4 is 29.4 Å². The van der Waals surface area contributed by atoms with Gasteiger partial charge in [0.15, 0.2) is 23.3 Å². The molecular weight excluding hydrogens is 343 g/mol. The molecule has 2 aliphatic rings. The van der Waals surface area contributed by atoms with Crippen LogP contribution in [0.4, 0.5) is 15.8 Å². The van der Waals surface area contributed by atoms with Crippen molar-refractivity contribution in [1.29, 1.82) is 0 Å². The van der Waals surface area contributed by atoms with Crippen LogP contribution in [-0.4, -0.2) is 18.6 Å². The number of carbonyl (C=O) groups is 1. The molecule has 2 heterocycles. The lowest BCUT2D eigenvalue weighted by Crippen LogP contribution is -2.33. The molecule has 0 aliphatic carbocycles. The summed E-state index contributed by atoms with van der Waals surface area (Å²) in [4.78, 5) is 14.1. The fourth-order valence-corrected chi connectivity index (χ4v) is 3.96. The van der Waals surface area contributed by atoms with Crippen LogP contribution in [0.25, 0.3) is 0 Å². The molecule has 2 aromatic carbocycles. The molecule has 2 aliphatic heterocycles. The minimum atomic E-state index is -0.292. The summed E-state index contributed by atoms with van der Waals surface area (Å²) < 4.78 is 23.9. The molecule has 0 spiro atoms. The number of thioether (sulfide) groups is 1. The molecule has 0 radical (unpaired) electrons. The topological polar surface area (TPSA) is 50.8 Å². The first-order chi connectivity index (χ1) is 12.2. The minimum absolute atomic E-state index is 0.208. The minimum Gasteiger partial charge on any atom is -0.454 e. The SMILES string of the molecule is CC1=C(C=O)SC(Nc2ccc(F)cc2)N1c1ccc2c(c1)OCO2. The Morgan fingerprint density at radius 1 is 1.20 bits per heavy atom. The maximum absolute atomic E-state index is 13.1. The maximum Gasteiger partial charge on any atom is 0.231 e. The summed E-state index contributed by atoms with van der Waals surface area (Å²) in [5, 5.41) is 3.33. The van der Waals surface area contributed by atoms with Gasteiger partial charge in [-0.05, 0) is 43.3 Å². The van der Waals surface area contributed by atoms with E-state index in [-0.39, 0.29) is 18.1 Å². The second kappa shape index (κ2) is 6.33. The molecule has 0 saturated heterocycles. The van der Waals surface area contributed by atoms with Crippen molar-refractivity contribution in [3.8, 4) is 11.5 Å². The van der Waals surface area contributed by atoms with Gasteiger partial charge in [-0.25, -0.2) is 4.39 Å². The highest BCUT2D eigenvalue weighted by atomic mass is 32.2. The number of fused-ring (bicyclic) bond motifs is 1. The van der Waals surface area contributed by atoms with E-state index in [9.17, 15) is 9.18 Å². The molecule has 25 heavy (non-hydrogen) atoms. The van der Waals surface area contributed by atoms with Gasteiger partial charge in [-0.2, -0.15) is 0 Å². The Kier molecular flexibility index (Phi) is 4.01. The average Bonchev–Trinajstić information content (AvgIpc) is 3.20. The molecule has 1 N–H and O–H groups in total. The van der Waals surface area contributed by atoms with Gasteiger partial charge < -0.3 is 19.7 Å². The summed E-state index contributed by atoms with van der Waals surface area (Å²) in [6, 6.07) is 11.8. The monoisotopic (exact) mass is 358 g/mol. The highest BCUT2D eigenvalue weighted by molar-refractivity contribution is 8.05. The second-order valence-electron chi connectivity index (χ2n) is 5.60. The van der Waals surface area contributed by atoms with E-state index in [1.165, 1.54) is 23.9 Å². The molecule has 1 atom stereocenters. The molecule has 1 unspecified atom stereocenters. The number of hydrogen-bond donors (Lipinski definition) is 1. The fraction of sp³-hybridized carbons (Fsp3) is 0.167. The van der Waals surface area contributed by atoms with E-state index in [1.807, 2.05) is 30.0 Å². The van der Waals surface area contributed by atoms with Crippen LogP contribution in [-0.2, 0) is 4.79 Å². The third-order valence-corrected chi connectivity index (χ3v) is 5.26. The number of ether oxygens (including phenoxy) is 2. The summed E-state index contributed by atoms with van der Waals surface area (Å²) in [7, 11) is 0. The summed E-state index contributed by atoms with van der Waals surface area (Å²) in [6.07, 6.45) is 0.853. The number of rotatable bonds is 4. The molecule has 7 heteroatoms. The number of hydrogen-bond acceptors (Lipinski definition) is 6. The Bertz CT molecular complexity index is 854. The van der Waals surface area contributed by atoms with Gasteiger partial charge in [0.2, 0.25) is 6.79 Å². The van der Waals surface area contributed by atoms with Crippen LogP contribution in [0, 0.1) is 5.82 Å². The molecule has 5 nitrogen and oxygen atoms in total. The van der Waals surface area contributed by atoms with E-state index >= 15 is 0 Å². The summed E-state index contributed by atoms with van der Waals surface area (Å²) in [5.41, 5.74) is 2.26. The Hall–Kier alpha value is -2.67. The predicted molar refractivity (Wildman–Crippen MR) is 95.2 cm³/mol. The molecule has 0 fully saturated rings. The van der Waals surface area contributed by atoms with Crippen molar-refractivity contribution in [1.82, 2.24) is 0 Å². The Balaban J connectivity index is 1.66. The van der Waals surface area contributed by atoms with Gasteiger partial charge in [0.1, 0.15) is 5.82 Å². The smallest absolute Gasteiger partial charge is 0.231 e. The van der Waals surface area contributed by atoms with Gasteiger partial charge in [0.05, 0.1) is 4.91 Å². The van der Waals surface area contributed by atoms with E-state index < -0.39 is 0 Å². The van der Waals surface area contributed by atoms with E-state index in [0.29, 0.717) is 16.4 Å². The summed E-state index contributed by atoms with van der Waals surface area (Å²) in [6.45, 7) is 2.10. The Morgan fingerprint density at radius 2 is 1.96 bits per heavy atom. The lowest BCUT2D eigenvalue weighted by atomic mass is 10.2. The van der Waals surface area contributed by atoms with Crippen LogP contribution < -0.4 is 19.7 Å². The van der Waals surface area contributed by atoms with Crippen molar-refractivity contribution in [3.05, 3.63) is 58.9 Å². The first kappa shape index (κ1) is 15.8. The van der Waals surface area contributed by atoms with Crippen molar-refractivity contribution in [2.45, 2.75) is 12.4 Å². The average molecular weight is 358 g/mol. The van der Waals surface area contributed by atoms with E-state index in [2.05, 4.69) is 5.32 Å². The van der Waals surface area contributed by atoms with Gasteiger partial charge in [0, 0.05) is 23.1 Å². The van der Waals surface area contributed by atoms with Crippen LogP contribution in [0.3, 0.4) is 0 Å². The Labute approximate surface area is 148 Å². The van der Waals surface area contributed by atoms with Crippen molar-refractivity contribution < 1.29 is 18.7 Å². The number of nitrogens with one attached hydrogen (secondary N) is 1. The van der Waals surface area contributed by atoms with Crippen LogP contribution in [0.15, 0.2) is 53.1 Å². The number of halogens is 1. The molecule has 0 saturated carbocycles. The highest BCUT2D eigenvalue weighted by Gasteiger charge is 2.32. The molecule has 0 amide bonds. The number of allylic oxidation sites excluding steroid dienone is 2. The molecule has 2 aromatic rings. The van der Waals surface area contributed by atoms with Crippen LogP contribution in [0.5, 0.6) is 11.5 Å². The third-order valence-electron chi connectivity index (χ3n) is 4.07. The Morgan fingerprint density at radius 3 is 2.72 bits per heavy atom. The largest absolute Gasteiger partial charge is 0.454 e. The van der Waals surface area contributed by atoms with Crippen LogP contribution >= 0.6 is 11.8 Å². The third kappa shape index (κ3) is 2.91. The first-order valence-electron chi connectivity index (χ1n) is 7.69. The maximum atomic E-state index is 13.1. The zero-order valence-electron chi connectivity index (χ0n) is 13.4. The molecular formula is C18H15FN2O3S. The normalized spacial score (nSPS) is 18.6. The predicted octanol–water partition coefficient (Wildman–Crippen LogP) is 3.93. The van der Waals surface area contributed by atoms with Gasteiger partial charge in [-0.15, -0.1) is 0 Å². The quantitative estimate of drug-likeness (QED) is 0.836. The van der Waals surface area contributed by atoms with Crippen molar-refractivity contribution in [3.63, 3.8) is 0 Å². The van der Waals surface area contributed by atoms with Crippen LogP contribution in [0.2, 0.25) is 0 Å². The number of nitrogens with zero attached hydrogens (tertiary/aromatic N) is 1. The zero-order chi connectivity index (χ0) is 17.4.